The van der Waals surface area contributed by atoms with Crippen LogP contribution in [-0.2, 0) is 10.0 Å². The van der Waals surface area contributed by atoms with Crippen molar-refractivity contribution in [1.29, 1.82) is 0 Å². The van der Waals surface area contributed by atoms with E-state index >= 15 is 0 Å². The minimum atomic E-state index is -3.54. The van der Waals surface area contributed by atoms with E-state index in [-0.39, 0.29) is 11.0 Å². The number of rotatable bonds is 4. The lowest BCUT2D eigenvalue weighted by Crippen LogP contribution is -2.44. The lowest BCUT2D eigenvalue weighted by Gasteiger charge is -2.31. The summed E-state index contributed by atoms with van der Waals surface area (Å²) >= 11 is 5.82. The largest absolute Gasteiger partial charge is 0.473 e. The molecule has 0 saturated carbocycles. The smallest absolute Gasteiger partial charge is 0.243 e. The van der Waals surface area contributed by atoms with Crippen molar-refractivity contribution in [3.05, 3.63) is 47.9 Å². The Labute approximate surface area is 140 Å². The minimum Gasteiger partial charge on any atom is -0.473 e. The molecule has 1 aromatic heterocycles. The number of aromatic nitrogens is 2. The van der Waals surface area contributed by atoms with Crippen LogP contribution in [0, 0.1) is 0 Å². The first kappa shape index (κ1) is 16.2. The zero-order valence-electron chi connectivity index (χ0n) is 12.3. The maximum Gasteiger partial charge on any atom is 0.243 e. The predicted molar refractivity (Wildman–Crippen MR) is 85.9 cm³/mol. The van der Waals surface area contributed by atoms with Crippen LogP contribution in [0.1, 0.15) is 12.8 Å². The van der Waals surface area contributed by atoms with E-state index in [1.54, 1.807) is 24.4 Å². The minimum absolute atomic E-state index is 0.222. The highest BCUT2D eigenvalue weighted by molar-refractivity contribution is 7.89. The molecule has 0 aliphatic carbocycles. The fraction of sp³-hybridized carbons (Fsp3) is 0.333. The van der Waals surface area contributed by atoms with E-state index in [9.17, 15) is 8.42 Å². The topological polar surface area (TPSA) is 72.4 Å². The van der Waals surface area contributed by atoms with E-state index in [4.69, 9.17) is 16.3 Å². The molecule has 0 amide bonds. The second kappa shape index (κ2) is 6.82. The van der Waals surface area contributed by atoms with E-state index < -0.39 is 10.0 Å². The molecule has 6 nitrogen and oxygen atoms in total. The van der Waals surface area contributed by atoms with E-state index in [0.717, 1.165) is 12.8 Å². The van der Waals surface area contributed by atoms with Gasteiger partial charge >= 0.3 is 0 Å². The van der Waals surface area contributed by atoms with Gasteiger partial charge in [0.2, 0.25) is 15.9 Å². The van der Waals surface area contributed by atoms with Crippen molar-refractivity contribution in [2.75, 3.05) is 13.1 Å². The summed E-state index contributed by atoms with van der Waals surface area (Å²) in [7, 11) is -3.54. The third-order valence-electron chi connectivity index (χ3n) is 3.63. The summed E-state index contributed by atoms with van der Waals surface area (Å²) in [5.41, 5.74) is 0. The molecule has 0 radical (unpaired) electrons. The van der Waals surface area contributed by atoms with Crippen LogP contribution in [0.2, 0.25) is 5.02 Å². The summed E-state index contributed by atoms with van der Waals surface area (Å²) in [4.78, 5) is 8.08. The van der Waals surface area contributed by atoms with Crippen molar-refractivity contribution in [3.63, 3.8) is 0 Å². The average Bonchev–Trinajstić information content (AvgIpc) is 2.56. The molecule has 0 bridgehead atoms. The number of nitrogens with zero attached hydrogens (tertiary/aromatic N) is 3. The van der Waals surface area contributed by atoms with Gasteiger partial charge in [0, 0.05) is 23.8 Å². The third-order valence-corrected chi connectivity index (χ3v) is 5.77. The lowest BCUT2D eigenvalue weighted by molar-refractivity contribution is 0.124. The van der Waals surface area contributed by atoms with Gasteiger partial charge in [0.1, 0.15) is 12.4 Å². The van der Waals surface area contributed by atoms with Gasteiger partial charge in [-0.05, 0) is 37.1 Å². The standard InChI is InChI=1S/C15H16ClN3O3S/c16-12-3-5-14(6-4-12)23(20,21)19-9-1-2-13(10-19)22-15-7-8-17-11-18-15/h3-8,11,13H,1-2,9-10H2. The number of sulfonamides is 1. The van der Waals surface area contributed by atoms with Crippen LogP contribution in [0.15, 0.2) is 47.8 Å². The second-order valence-corrected chi connectivity index (χ2v) is 7.62. The maximum absolute atomic E-state index is 12.7. The molecule has 3 rings (SSSR count). The van der Waals surface area contributed by atoms with Crippen molar-refractivity contribution in [1.82, 2.24) is 14.3 Å². The summed E-state index contributed by atoms with van der Waals surface area (Å²) in [5, 5.41) is 0.507. The van der Waals surface area contributed by atoms with Gasteiger partial charge in [0.25, 0.3) is 0 Å². The van der Waals surface area contributed by atoms with Crippen molar-refractivity contribution < 1.29 is 13.2 Å². The van der Waals surface area contributed by atoms with Gasteiger partial charge in [-0.25, -0.2) is 18.4 Å². The van der Waals surface area contributed by atoms with E-state index in [1.165, 1.54) is 22.8 Å². The van der Waals surface area contributed by atoms with Gasteiger partial charge in [-0.1, -0.05) is 11.6 Å². The summed E-state index contributed by atoms with van der Waals surface area (Å²) in [5.74, 6) is 0.454. The van der Waals surface area contributed by atoms with Crippen molar-refractivity contribution >= 4 is 21.6 Å². The molecule has 1 atom stereocenters. The van der Waals surface area contributed by atoms with Crippen LogP contribution < -0.4 is 4.74 Å². The zero-order valence-corrected chi connectivity index (χ0v) is 13.9. The molecule has 122 valence electrons. The quantitative estimate of drug-likeness (QED) is 0.843. The summed E-state index contributed by atoms with van der Waals surface area (Å²) in [6.45, 7) is 0.781. The van der Waals surface area contributed by atoms with Crippen molar-refractivity contribution in [2.45, 2.75) is 23.8 Å². The summed E-state index contributed by atoms with van der Waals surface area (Å²) < 4.78 is 32.6. The fourth-order valence-electron chi connectivity index (χ4n) is 2.49. The molecule has 1 unspecified atom stereocenters. The Kier molecular flexibility index (Phi) is 4.79. The molecular formula is C15H16ClN3O3S. The van der Waals surface area contributed by atoms with Gasteiger partial charge in [0.15, 0.2) is 0 Å². The van der Waals surface area contributed by atoms with Crippen molar-refractivity contribution in [3.8, 4) is 5.88 Å². The predicted octanol–water partition coefficient (Wildman–Crippen LogP) is 2.36. The molecule has 1 fully saturated rings. The molecule has 1 aliphatic heterocycles. The maximum atomic E-state index is 12.7. The first-order valence-electron chi connectivity index (χ1n) is 7.24. The molecule has 0 N–H and O–H groups in total. The Morgan fingerprint density at radius 3 is 2.70 bits per heavy atom. The third kappa shape index (κ3) is 3.80. The molecule has 1 aromatic carbocycles. The van der Waals surface area contributed by atoms with Crippen molar-refractivity contribution in [2.24, 2.45) is 0 Å². The van der Waals surface area contributed by atoms with Crippen LogP contribution >= 0.6 is 11.6 Å². The highest BCUT2D eigenvalue weighted by atomic mass is 35.5. The fourth-order valence-corrected chi connectivity index (χ4v) is 4.13. The van der Waals surface area contributed by atoms with Gasteiger partial charge in [-0.15, -0.1) is 0 Å². The average molecular weight is 354 g/mol. The Morgan fingerprint density at radius 1 is 1.22 bits per heavy atom. The van der Waals surface area contributed by atoms with E-state index in [0.29, 0.717) is 24.0 Å². The first-order valence-corrected chi connectivity index (χ1v) is 9.06. The second-order valence-electron chi connectivity index (χ2n) is 5.25. The van der Waals surface area contributed by atoms with Gasteiger partial charge in [0.05, 0.1) is 11.4 Å². The Morgan fingerprint density at radius 2 is 2.00 bits per heavy atom. The Bertz CT molecular complexity index is 753. The molecule has 2 heterocycles. The Balaban J connectivity index is 1.74. The summed E-state index contributed by atoms with van der Waals surface area (Å²) in [6.07, 6.45) is 4.30. The number of piperidine rings is 1. The highest BCUT2D eigenvalue weighted by Crippen LogP contribution is 2.23. The zero-order chi connectivity index (χ0) is 16.3. The molecular weight excluding hydrogens is 338 g/mol. The molecule has 0 spiro atoms. The van der Waals surface area contributed by atoms with Crippen LogP contribution in [-0.4, -0.2) is 41.9 Å². The van der Waals surface area contributed by atoms with Crippen LogP contribution in [0.5, 0.6) is 5.88 Å². The van der Waals surface area contributed by atoms with E-state index in [1.807, 2.05) is 0 Å². The molecule has 1 aliphatic rings. The van der Waals surface area contributed by atoms with Gasteiger partial charge < -0.3 is 4.74 Å². The Hall–Kier alpha value is -1.70. The molecule has 8 heteroatoms. The highest BCUT2D eigenvalue weighted by Gasteiger charge is 2.31. The van der Waals surface area contributed by atoms with Crippen LogP contribution in [0.4, 0.5) is 0 Å². The van der Waals surface area contributed by atoms with E-state index in [2.05, 4.69) is 9.97 Å². The molecule has 23 heavy (non-hydrogen) atoms. The first-order chi connectivity index (χ1) is 11.1. The van der Waals surface area contributed by atoms with Gasteiger partial charge in [-0.3, -0.25) is 0 Å². The molecule has 2 aromatic rings. The monoisotopic (exact) mass is 353 g/mol. The summed E-state index contributed by atoms with van der Waals surface area (Å²) in [6, 6.07) is 7.85. The number of benzene rings is 1. The van der Waals surface area contributed by atoms with Crippen LogP contribution in [0.25, 0.3) is 0 Å². The SMILES string of the molecule is O=S(=O)(c1ccc(Cl)cc1)N1CCCC(Oc2ccncn2)C1. The number of halogens is 1. The lowest BCUT2D eigenvalue weighted by atomic mass is 10.1. The number of hydrogen-bond acceptors (Lipinski definition) is 5. The normalized spacial score (nSPS) is 19.4. The number of ether oxygens (including phenoxy) is 1. The van der Waals surface area contributed by atoms with Crippen LogP contribution in [0.3, 0.4) is 0 Å². The molecule has 1 saturated heterocycles. The van der Waals surface area contributed by atoms with Gasteiger partial charge in [-0.2, -0.15) is 4.31 Å². The number of hydrogen-bond donors (Lipinski definition) is 0.